The number of hydrogen-bond acceptors (Lipinski definition) is 5. The zero-order chi connectivity index (χ0) is 17.4. The molecule has 0 aromatic heterocycles. The Bertz CT molecular complexity index is 740. The Labute approximate surface area is 139 Å². The normalized spacial score (nSPS) is 10.5. The molecule has 0 spiro atoms. The van der Waals surface area contributed by atoms with E-state index in [0.29, 0.717) is 6.61 Å². The van der Waals surface area contributed by atoms with Crippen LogP contribution in [0, 0.1) is 10.1 Å². The molecular weight excluding hydrogens is 310 g/mol. The average Bonchev–Trinajstić information content (AvgIpc) is 2.60. The Morgan fingerprint density at radius 3 is 2.62 bits per heavy atom. The van der Waals surface area contributed by atoms with Gasteiger partial charge in [0.15, 0.2) is 5.75 Å². The van der Waals surface area contributed by atoms with Crippen molar-refractivity contribution in [3.05, 3.63) is 75.8 Å². The predicted molar refractivity (Wildman–Crippen MR) is 90.0 cm³/mol. The summed E-state index contributed by atoms with van der Waals surface area (Å²) in [5.41, 5.74) is 0.842. The summed E-state index contributed by atoms with van der Waals surface area (Å²) in [6.07, 6.45) is 3.53. The monoisotopic (exact) mass is 327 g/mol. The number of nitrogens with zero attached hydrogens (tertiary/aromatic N) is 1. The average molecular weight is 327 g/mol. The summed E-state index contributed by atoms with van der Waals surface area (Å²) in [5, 5.41) is 11.1. The largest absolute Gasteiger partial charge is 0.487 e. The van der Waals surface area contributed by atoms with Crippen molar-refractivity contribution in [1.82, 2.24) is 0 Å². The lowest BCUT2D eigenvalue weighted by Crippen LogP contribution is -2.06. The topological polar surface area (TPSA) is 78.7 Å². The minimum atomic E-state index is -0.626. The maximum Gasteiger partial charge on any atom is 0.338 e. The van der Waals surface area contributed by atoms with Gasteiger partial charge in [0.05, 0.1) is 17.1 Å². The molecule has 0 atom stereocenters. The summed E-state index contributed by atoms with van der Waals surface area (Å²) in [6.45, 7) is 2.11. The number of ether oxygens (including phenoxy) is 2. The minimum absolute atomic E-state index is 0.0781. The standard InChI is InChI=1S/C18H17NO5/c1-2-23-17-11-10-15(13-16(17)19(21)22)18(20)24-12-6-9-14-7-4-3-5-8-14/h3-11,13H,2,12H2,1H3/b9-6+. The smallest absolute Gasteiger partial charge is 0.338 e. The molecular formula is C18H17NO5. The van der Waals surface area contributed by atoms with E-state index in [-0.39, 0.29) is 23.6 Å². The van der Waals surface area contributed by atoms with E-state index >= 15 is 0 Å². The molecule has 2 aromatic carbocycles. The summed E-state index contributed by atoms with van der Waals surface area (Å²) in [7, 11) is 0. The molecule has 0 unspecified atom stereocenters. The van der Waals surface area contributed by atoms with E-state index in [1.807, 2.05) is 36.4 Å². The minimum Gasteiger partial charge on any atom is -0.487 e. The first-order valence-electron chi connectivity index (χ1n) is 7.41. The van der Waals surface area contributed by atoms with Crippen LogP contribution in [0.15, 0.2) is 54.6 Å². The number of hydrogen-bond donors (Lipinski definition) is 0. The molecule has 6 heteroatoms. The van der Waals surface area contributed by atoms with Crippen molar-refractivity contribution in [1.29, 1.82) is 0 Å². The molecule has 0 bridgehead atoms. The third-order valence-electron chi connectivity index (χ3n) is 3.11. The van der Waals surface area contributed by atoms with E-state index in [1.54, 1.807) is 13.0 Å². The Morgan fingerprint density at radius 2 is 1.96 bits per heavy atom. The molecule has 0 aliphatic rings. The van der Waals surface area contributed by atoms with E-state index in [0.717, 1.165) is 11.6 Å². The van der Waals surface area contributed by atoms with Crippen molar-refractivity contribution in [2.75, 3.05) is 13.2 Å². The molecule has 0 heterocycles. The van der Waals surface area contributed by atoms with Crippen LogP contribution in [0.2, 0.25) is 0 Å². The molecule has 124 valence electrons. The molecule has 6 nitrogen and oxygen atoms in total. The summed E-state index contributed by atoms with van der Waals surface area (Å²) in [4.78, 5) is 22.4. The number of esters is 1. The molecule has 0 saturated carbocycles. The Morgan fingerprint density at radius 1 is 1.21 bits per heavy atom. The van der Waals surface area contributed by atoms with Gasteiger partial charge in [-0.2, -0.15) is 0 Å². The van der Waals surface area contributed by atoms with E-state index in [1.165, 1.54) is 12.1 Å². The fourth-order valence-corrected chi connectivity index (χ4v) is 2.02. The molecule has 0 aliphatic heterocycles. The van der Waals surface area contributed by atoms with Crippen molar-refractivity contribution >= 4 is 17.7 Å². The first-order valence-corrected chi connectivity index (χ1v) is 7.41. The van der Waals surface area contributed by atoms with Crippen molar-refractivity contribution in [2.45, 2.75) is 6.92 Å². The molecule has 0 saturated heterocycles. The van der Waals surface area contributed by atoms with Crippen molar-refractivity contribution in [3.8, 4) is 5.75 Å². The van der Waals surface area contributed by atoms with Crippen LogP contribution in [-0.2, 0) is 4.74 Å². The van der Waals surface area contributed by atoms with Gasteiger partial charge in [0, 0.05) is 6.07 Å². The number of nitro benzene ring substituents is 1. The lowest BCUT2D eigenvalue weighted by atomic mass is 10.2. The van der Waals surface area contributed by atoms with Gasteiger partial charge in [-0.05, 0) is 30.7 Å². The second kappa shape index (κ2) is 8.47. The van der Waals surface area contributed by atoms with Crippen LogP contribution in [0.25, 0.3) is 6.08 Å². The lowest BCUT2D eigenvalue weighted by molar-refractivity contribution is -0.385. The second-order valence-electron chi connectivity index (χ2n) is 4.78. The molecule has 24 heavy (non-hydrogen) atoms. The van der Waals surface area contributed by atoms with Crippen molar-refractivity contribution < 1.29 is 19.2 Å². The number of carbonyl (C=O) groups excluding carboxylic acids is 1. The third-order valence-corrected chi connectivity index (χ3v) is 3.11. The maximum absolute atomic E-state index is 12.0. The lowest BCUT2D eigenvalue weighted by Gasteiger charge is -2.06. The maximum atomic E-state index is 12.0. The summed E-state index contributed by atoms with van der Waals surface area (Å²) < 4.78 is 10.3. The number of nitro groups is 1. The Kier molecular flexibility index (Phi) is 6.08. The second-order valence-corrected chi connectivity index (χ2v) is 4.78. The van der Waals surface area contributed by atoms with Gasteiger partial charge in [-0.3, -0.25) is 10.1 Å². The highest BCUT2D eigenvalue weighted by Gasteiger charge is 2.19. The van der Waals surface area contributed by atoms with Crippen molar-refractivity contribution in [3.63, 3.8) is 0 Å². The molecule has 0 fully saturated rings. The van der Waals surface area contributed by atoms with Crippen LogP contribution in [-0.4, -0.2) is 24.1 Å². The van der Waals surface area contributed by atoms with E-state index < -0.39 is 10.9 Å². The predicted octanol–water partition coefficient (Wildman–Crippen LogP) is 3.86. The van der Waals surface area contributed by atoms with Gasteiger partial charge in [-0.1, -0.05) is 36.4 Å². The quantitative estimate of drug-likeness (QED) is 0.438. The molecule has 2 rings (SSSR count). The Balaban J connectivity index is 2.00. The van der Waals surface area contributed by atoms with E-state index in [9.17, 15) is 14.9 Å². The van der Waals surface area contributed by atoms with Gasteiger partial charge in [0.25, 0.3) is 0 Å². The van der Waals surface area contributed by atoms with Crippen LogP contribution < -0.4 is 4.74 Å². The fraction of sp³-hybridized carbons (Fsp3) is 0.167. The summed E-state index contributed by atoms with van der Waals surface area (Å²) >= 11 is 0. The van der Waals surface area contributed by atoms with Crippen LogP contribution >= 0.6 is 0 Å². The highest BCUT2D eigenvalue weighted by molar-refractivity contribution is 5.90. The van der Waals surface area contributed by atoms with Crippen LogP contribution in [0.3, 0.4) is 0 Å². The van der Waals surface area contributed by atoms with Gasteiger partial charge < -0.3 is 9.47 Å². The van der Waals surface area contributed by atoms with Gasteiger partial charge in [-0.25, -0.2) is 4.79 Å². The fourth-order valence-electron chi connectivity index (χ4n) is 2.02. The van der Waals surface area contributed by atoms with E-state index in [2.05, 4.69) is 0 Å². The third kappa shape index (κ3) is 4.67. The van der Waals surface area contributed by atoms with Crippen LogP contribution in [0.5, 0.6) is 5.75 Å². The molecule has 0 N–H and O–H groups in total. The number of benzene rings is 2. The van der Waals surface area contributed by atoms with Gasteiger partial charge in [-0.15, -0.1) is 0 Å². The van der Waals surface area contributed by atoms with E-state index in [4.69, 9.17) is 9.47 Å². The van der Waals surface area contributed by atoms with Gasteiger partial charge >= 0.3 is 11.7 Å². The van der Waals surface area contributed by atoms with Gasteiger partial charge in [0.1, 0.15) is 6.61 Å². The summed E-state index contributed by atoms with van der Waals surface area (Å²) in [5.74, 6) is -0.498. The van der Waals surface area contributed by atoms with Crippen molar-refractivity contribution in [2.24, 2.45) is 0 Å². The molecule has 0 amide bonds. The zero-order valence-corrected chi connectivity index (χ0v) is 13.2. The van der Waals surface area contributed by atoms with Crippen LogP contribution in [0.4, 0.5) is 5.69 Å². The SMILES string of the molecule is CCOc1ccc(C(=O)OC/C=C/c2ccccc2)cc1[N+](=O)[O-]. The number of carbonyl (C=O) groups is 1. The number of rotatable bonds is 7. The highest BCUT2D eigenvalue weighted by Crippen LogP contribution is 2.28. The molecule has 0 radical (unpaired) electrons. The zero-order valence-electron chi connectivity index (χ0n) is 13.2. The first-order chi connectivity index (χ1) is 11.6. The molecule has 0 aliphatic carbocycles. The van der Waals surface area contributed by atoms with Gasteiger partial charge in [0.2, 0.25) is 0 Å². The Hall–Kier alpha value is -3.15. The molecule has 2 aromatic rings. The van der Waals surface area contributed by atoms with Crippen LogP contribution in [0.1, 0.15) is 22.8 Å². The highest BCUT2D eigenvalue weighted by atomic mass is 16.6. The summed E-state index contributed by atoms with van der Waals surface area (Å²) in [6, 6.07) is 13.6. The first kappa shape index (κ1) is 17.2.